The lowest BCUT2D eigenvalue weighted by atomic mass is 10.2. The van der Waals surface area contributed by atoms with Gasteiger partial charge in [-0.3, -0.25) is 0 Å². The molecule has 1 rings (SSSR count). The predicted molar refractivity (Wildman–Crippen MR) is 74.6 cm³/mol. The fourth-order valence-corrected chi connectivity index (χ4v) is 2.15. The summed E-state index contributed by atoms with van der Waals surface area (Å²) < 4.78 is 28.8. The van der Waals surface area contributed by atoms with Crippen molar-refractivity contribution in [1.29, 1.82) is 0 Å². The molecule has 0 amide bonds. The second-order valence-corrected chi connectivity index (χ2v) is 7.49. The van der Waals surface area contributed by atoms with E-state index in [1.165, 1.54) is 12.3 Å². The van der Waals surface area contributed by atoms with Gasteiger partial charge in [-0.05, 0) is 42.8 Å². The summed E-state index contributed by atoms with van der Waals surface area (Å²) in [5.74, 6) is -0.544. The maximum absolute atomic E-state index is 13.4. The summed E-state index contributed by atoms with van der Waals surface area (Å²) in [6.45, 7) is 5.45. The van der Waals surface area contributed by atoms with Crippen LogP contribution in [0.15, 0.2) is 21.0 Å². The quantitative estimate of drug-likeness (QED) is 0.588. The zero-order valence-electron chi connectivity index (χ0n) is 9.63. The number of benzene rings is 1. The Kier molecular flexibility index (Phi) is 4.86. The fraction of sp³-hybridized carbons (Fsp3) is 0.364. The fourth-order valence-electron chi connectivity index (χ4n) is 0.903. The molecule has 0 spiro atoms. The van der Waals surface area contributed by atoms with Crippen molar-refractivity contribution in [2.45, 2.75) is 25.5 Å². The van der Waals surface area contributed by atoms with Gasteiger partial charge in [0, 0.05) is 11.8 Å². The molecule has 17 heavy (non-hydrogen) atoms. The lowest BCUT2D eigenvalue weighted by Crippen LogP contribution is -2.19. The van der Waals surface area contributed by atoms with Crippen molar-refractivity contribution in [2.24, 2.45) is 4.40 Å². The molecule has 0 aliphatic heterocycles. The highest BCUT2D eigenvalue weighted by atomic mass is 79.9. The molecule has 0 fully saturated rings. The van der Waals surface area contributed by atoms with Crippen LogP contribution in [-0.4, -0.2) is 15.2 Å². The van der Waals surface area contributed by atoms with E-state index in [1.807, 2.05) is 20.8 Å². The van der Waals surface area contributed by atoms with Gasteiger partial charge in [-0.1, -0.05) is 17.7 Å². The molecule has 1 aromatic rings. The van der Waals surface area contributed by atoms with Crippen molar-refractivity contribution in [1.82, 2.24) is 0 Å². The van der Waals surface area contributed by atoms with Gasteiger partial charge in [-0.25, -0.2) is 8.60 Å². The van der Waals surface area contributed by atoms with Crippen molar-refractivity contribution in [2.75, 3.05) is 0 Å². The third-order valence-electron chi connectivity index (χ3n) is 1.88. The second-order valence-electron chi connectivity index (χ2n) is 4.36. The molecule has 1 unspecified atom stereocenters. The highest BCUT2D eigenvalue weighted by Crippen LogP contribution is 2.26. The van der Waals surface area contributed by atoms with E-state index in [-0.39, 0.29) is 9.50 Å². The molecule has 2 nitrogen and oxygen atoms in total. The van der Waals surface area contributed by atoms with Crippen molar-refractivity contribution in [3.63, 3.8) is 0 Å². The van der Waals surface area contributed by atoms with E-state index in [1.54, 1.807) is 6.07 Å². The molecular formula is C11H12BrClFNOS. The molecule has 0 aliphatic rings. The van der Waals surface area contributed by atoms with Crippen LogP contribution in [-0.2, 0) is 11.0 Å². The van der Waals surface area contributed by atoms with Gasteiger partial charge in [0.25, 0.3) is 0 Å². The Morgan fingerprint density at radius 2 is 2.06 bits per heavy atom. The minimum absolute atomic E-state index is 0.0333. The van der Waals surface area contributed by atoms with E-state index < -0.39 is 21.5 Å². The summed E-state index contributed by atoms with van der Waals surface area (Å²) >= 11 is 8.69. The molecule has 0 heterocycles. The topological polar surface area (TPSA) is 29.4 Å². The van der Waals surface area contributed by atoms with Gasteiger partial charge < -0.3 is 0 Å². The van der Waals surface area contributed by atoms with Gasteiger partial charge in [0.2, 0.25) is 0 Å². The third kappa shape index (κ3) is 3.86. The van der Waals surface area contributed by atoms with Crippen LogP contribution in [0.25, 0.3) is 0 Å². The van der Waals surface area contributed by atoms with Crippen LogP contribution in [0, 0.1) is 5.82 Å². The van der Waals surface area contributed by atoms with Crippen molar-refractivity contribution < 1.29 is 8.60 Å². The van der Waals surface area contributed by atoms with Gasteiger partial charge in [-0.15, -0.1) is 0 Å². The molecule has 0 aliphatic carbocycles. The van der Waals surface area contributed by atoms with Crippen LogP contribution in [0.2, 0.25) is 5.02 Å². The molecule has 0 bridgehead atoms. The number of halogens is 3. The van der Waals surface area contributed by atoms with Crippen LogP contribution in [0.5, 0.6) is 0 Å². The number of rotatable bonds is 2. The zero-order chi connectivity index (χ0) is 13.2. The van der Waals surface area contributed by atoms with Gasteiger partial charge in [0.15, 0.2) is 5.82 Å². The Balaban J connectivity index is 3.02. The average Bonchev–Trinajstić information content (AvgIpc) is 2.23. The van der Waals surface area contributed by atoms with Crippen LogP contribution in [0.3, 0.4) is 0 Å². The summed E-state index contributed by atoms with van der Waals surface area (Å²) in [4.78, 5) is 0. The van der Waals surface area contributed by atoms with E-state index in [4.69, 9.17) is 11.6 Å². The first-order chi connectivity index (χ1) is 7.73. The summed E-state index contributed by atoms with van der Waals surface area (Å²) in [6, 6.07) is 3.04. The summed E-state index contributed by atoms with van der Waals surface area (Å²) in [5.41, 5.74) is 0.504. The van der Waals surface area contributed by atoms with Crippen molar-refractivity contribution in [3.05, 3.63) is 33.0 Å². The van der Waals surface area contributed by atoms with Crippen LogP contribution < -0.4 is 0 Å². The molecule has 6 heteroatoms. The van der Waals surface area contributed by atoms with Crippen molar-refractivity contribution >= 4 is 44.7 Å². The zero-order valence-corrected chi connectivity index (χ0v) is 12.8. The first-order valence-corrected chi connectivity index (χ1v) is 7.11. The predicted octanol–water partition coefficient (Wildman–Crippen LogP) is 4.12. The van der Waals surface area contributed by atoms with E-state index >= 15 is 0 Å². The molecule has 0 saturated carbocycles. The standard InChI is InChI=1S/C11H12BrClFNOS/c1-11(2,3)17(16)15-6-7-4-5-8(13)10(14)9(7)12/h4-6H,1-3H3. The smallest absolute Gasteiger partial charge is 0.156 e. The second kappa shape index (κ2) is 5.59. The molecule has 1 aromatic carbocycles. The summed E-state index contributed by atoms with van der Waals surface area (Å²) in [7, 11) is -1.36. The van der Waals surface area contributed by atoms with Gasteiger partial charge in [-0.2, -0.15) is 4.40 Å². The molecule has 0 N–H and O–H groups in total. The highest BCUT2D eigenvalue weighted by Gasteiger charge is 2.18. The Morgan fingerprint density at radius 1 is 1.47 bits per heavy atom. The summed E-state index contributed by atoms with van der Waals surface area (Å²) in [6.07, 6.45) is 1.38. The average molecular weight is 341 g/mol. The first kappa shape index (κ1) is 14.8. The first-order valence-electron chi connectivity index (χ1n) is 4.83. The lowest BCUT2D eigenvalue weighted by Gasteiger charge is -2.12. The lowest BCUT2D eigenvalue weighted by molar-refractivity contribution is 0.621. The van der Waals surface area contributed by atoms with E-state index in [0.29, 0.717) is 5.56 Å². The Morgan fingerprint density at radius 3 is 2.59 bits per heavy atom. The van der Waals surface area contributed by atoms with Gasteiger partial charge in [0.1, 0.15) is 11.0 Å². The van der Waals surface area contributed by atoms with Crippen molar-refractivity contribution in [3.8, 4) is 0 Å². The molecule has 1 atom stereocenters. The minimum atomic E-state index is -1.36. The maximum Gasteiger partial charge on any atom is 0.156 e. The normalized spacial score (nSPS) is 14.2. The summed E-state index contributed by atoms with van der Waals surface area (Å²) in [5, 5.41) is 0.0333. The monoisotopic (exact) mass is 339 g/mol. The molecular weight excluding hydrogens is 329 g/mol. The SMILES string of the molecule is CC(C)(C)S(=O)N=Cc1ccc(Cl)c(F)c1Br. The maximum atomic E-state index is 13.4. The number of hydrogen-bond acceptors (Lipinski definition) is 1. The molecule has 0 aromatic heterocycles. The number of nitrogens with zero attached hydrogens (tertiary/aromatic N) is 1. The number of hydrogen-bond donors (Lipinski definition) is 0. The van der Waals surface area contributed by atoms with Crippen LogP contribution >= 0.6 is 27.5 Å². The van der Waals surface area contributed by atoms with E-state index in [0.717, 1.165) is 0 Å². The highest BCUT2D eigenvalue weighted by molar-refractivity contribution is 9.10. The Labute approximate surface area is 116 Å². The van der Waals surface area contributed by atoms with Gasteiger partial charge in [0.05, 0.1) is 14.2 Å². The Bertz CT molecular complexity index is 485. The Hall–Kier alpha value is -0.260. The molecule has 0 radical (unpaired) electrons. The third-order valence-corrected chi connectivity index (χ3v) is 4.32. The van der Waals surface area contributed by atoms with Gasteiger partial charge >= 0.3 is 0 Å². The van der Waals surface area contributed by atoms with E-state index in [9.17, 15) is 8.60 Å². The van der Waals surface area contributed by atoms with Crippen LogP contribution in [0.4, 0.5) is 4.39 Å². The molecule has 94 valence electrons. The minimum Gasteiger partial charge on any atom is -0.234 e. The largest absolute Gasteiger partial charge is 0.234 e. The van der Waals surface area contributed by atoms with Crippen LogP contribution in [0.1, 0.15) is 26.3 Å². The molecule has 0 saturated heterocycles. The van der Waals surface area contributed by atoms with E-state index in [2.05, 4.69) is 20.3 Å².